The predicted molar refractivity (Wildman–Crippen MR) is 72.9 cm³/mol. The van der Waals surface area contributed by atoms with E-state index in [1.54, 1.807) is 0 Å². The minimum Gasteiger partial charge on any atom is -0.383 e. The largest absolute Gasteiger partial charge is 0.383 e. The maximum atomic E-state index is 12.0. The molecule has 3 N–H and O–H groups in total. The monoisotopic (exact) mass is 272 g/mol. The zero-order chi connectivity index (χ0) is 14.5. The van der Waals surface area contributed by atoms with E-state index in [1.807, 2.05) is 30.3 Å². The van der Waals surface area contributed by atoms with Gasteiger partial charge in [0.2, 0.25) is 0 Å². The normalized spacial score (nSPS) is 10.0. The van der Waals surface area contributed by atoms with E-state index in [0.717, 1.165) is 17.8 Å². The molecule has 0 saturated heterocycles. The molecule has 1 aromatic heterocycles. The Balaban J connectivity index is 2.13. The van der Waals surface area contributed by atoms with Gasteiger partial charge >= 0.3 is 0 Å². The van der Waals surface area contributed by atoms with Crippen LogP contribution in [0.5, 0.6) is 0 Å². The number of nitrogens with zero attached hydrogens (tertiary/aromatic N) is 2. The Morgan fingerprint density at radius 1 is 1.35 bits per heavy atom. The number of carbonyl (C=O) groups is 1. The van der Waals surface area contributed by atoms with Crippen LogP contribution in [0.1, 0.15) is 15.9 Å². The van der Waals surface area contributed by atoms with Gasteiger partial charge in [-0.15, -0.1) is 0 Å². The van der Waals surface area contributed by atoms with E-state index in [0.29, 0.717) is 6.54 Å². The number of anilines is 1. The number of hydrogen-bond acceptors (Lipinski definition) is 5. The summed E-state index contributed by atoms with van der Waals surface area (Å²) in [6.07, 6.45) is 1.02. The second kappa shape index (κ2) is 5.79. The van der Waals surface area contributed by atoms with Crippen LogP contribution in [-0.4, -0.2) is 15.8 Å². The summed E-state index contributed by atoms with van der Waals surface area (Å²) < 4.78 is 0. The third-order valence-corrected chi connectivity index (χ3v) is 2.66. The molecule has 0 aliphatic heterocycles. The first-order valence-electron chi connectivity index (χ1n) is 5.80. The van der Waals surface area contributed by atoms with Gasteiger partial charge in [-0.1, -0.05) is 30.3 Å². The Morgan fingerprint density at radius 2 is 2.05 bits per heavy atom. The van der Waals surface area contributed by atoms with Crippen LogP contribution in [-0.2, 0) is 6.54 Å². The van der Waals surface area contributed by atoms with Crippen molar-refractivity contribution in [2.75, 3.05) is 5.73 Å². The van der Waals surface area contributed by atoms with Gasteiger partial charge in [-0.25, -0.2) is 4.98 Å². The Bertz CT molecular complexity index is 643. The third kappa shape index (κ3) is 3.08. The maximum absolute atomic E-state index is 12.0. The van der Waals surface area contributed by atoms with Gasteiger partial charge in [-0.2, -0.15) is 0 Å². The van der Waals surface area contributed by atoms with Crippen molar-refractivity contribution in [3.63, 3.8) is 0 Å². The van der Waals surface area contributed by atoms with Crippen LogP contribution in [0.15, 0.2) is 42.6 Å². The van der Waals surface area contributed by atoms with Crippen molar-refractivity contribution in [2.24, 2.45) is 0 Å². The molecule has 0 fully saturated rings. The van der Waals surface area contributed by atoms with E-state index in [9.17, 15) is 14.9 Å². The highest BCUT2D eigenvalue weighted by Gasteiger charge is 2.16. The fraction of sp³-hybridized carbons (Fsp3) is 0.0769. The van der Waals surface area contributed by atoms with Gasteiger partial charge in [0.25, 0.3) is 11.6 Å². The van der Waals surface area contributed by atoms with Gasteiger partial charge in [-0.3, -0.25) is 14.9 Å². The van der Waals surface area contributed by atoms with Crippen LogP contribution in [0.3, 0.4) is 0 Å². The molecule has 0 aliphatic carbocycles. The van der Waals surface area contributed by atoms with E-state index in [2.05, 4.69) is 10.3 Å². The lowest BCUT2D eigenvalue weighted by Gasteiger charge is -2.06. The van der Waals surface area contributed by atoms with E-state index >= 15 is 0 Å². The van der Waals surface area contributed by atoms with Crippen LogP contribution in [0.25, 0.3) is 0 Å². The van der Waals surface area contributed by atoms with Gasteiger partial charge in [0.05, 0.1) is 10.5 Å². The van der Waals surface area contributed by atoms with Crippen molar-refractivity contribution in [3.05, 3.63) is 63.8 Å². The molecule has 0 aliphatic rings. The standard InChI is InChI=1S/C13H12N4O3/c14-12-11(6-10(8-15-12)17(19)20)13(18)16-7-9-4-2-1-3-5-9/h1-6,8H,7H2,(H2,14,15)(H,16,18). The fourth-order valence-electron chi connectivity index (χ4n) is 1.62. The average molecular weight is 272 g/mol. The molecule has 0 bridgehead atoms. The SMILES string of the molecule is Nc1ncc([N+](=O)[O-])cc1C(=O)NCc1ccccc1. The number of nitro groups is 1. The molecule has 20 heavy (non-hydrogen) atoms. The van der Waals surface area contributed by atoms with Crippen LogP contribution in [0, 0.1) is 10.1 Å². The molecule has 1 heterocycles. The highest BCUT2D eigenvalue weighted by molar-refractivity contribution is 5.98. The molecule has 7 heteroatoms. The molecule has 0 spiro atoms. The van der Waals surface area contributed by atoms with Crippen LogP contribution in [0.2, 0.25) is 0 Å². The van der Waals surface area contributed by atoms with Crippen molar-refractivity contribution in [1.29, 1.82) is 0 Å². The summed E-state index contributed by atoms with van der Waals surface area (Å²) in [6.45, 7) is 0.307. The number of rotatable bonds is 4. The Hall–Kier alpha value is -2.96. The van der Waals surface area contributed by atoms with Gasteiger partial charge in [0.1, 0.15) is 12.0 Å². The third-order valence-electron chi connectivity index (χ3n) is 2.66. The number of nitrogens with one attached hydrogen (secondary N) is 1. The Labute approximate surface area is 114 Å². The van der Waals surface area contributed by atoms with Crippen LogP contribution < -0.4 is 11.1 Å². The van der Waals surface area contributed by atoms with Crippen molar-refractivity contribution in [2.45, 2.75) is 6.54 Å². The first-order chi connectivity index (χ1) is 9.58. The van der Waals surface area contributed by atoms with Gasteiger partial charge in [0, 0.05) is 12.6 Å². The van der Waals surface area contributed by atoms with Gasteiger partial charge in [0.15, 0.2) is 0 Å². The summed E-state index contributed by atoms with van der Waals surface area (Å²) in [5, 5.41) is 13.3. The summed E-state index contributed by atoms with van der Waals surface area (Å²) in [6, 6.07) is 10.4. The van der Waals surface area contributed by atoms with Crippen molar-refractivity contribution in [1.82, 2.24) is 10.3 Å². The summed E-state index contributed by atoms with van der Waals surface area (Å²) >= 11 is 0. The van der Waals surface area contributed by atoms with E-state index in [-0.39, 0.29) is 17.1 Å². The maximum Gasteiger partial charge on any atom is 0.288 e. The van der Waals surface area contributed by atoms with E-state index in [1.165, 1.54) is 0 Å². The van der Waals surface area contributed by atoms with Gasteiger partial charge < -0.3 is 11.1 Å². The zero-order valence-corrected chi connectivity index (χ0v) is 10.4. The molecule has 2 rings (SSSR count). The number of amides is 1. The quantitative estimate of drug-likeness (QED) is 0.647. The molecular weight excluding hydrogens is 260 g/mol. The molecule has 0 saturated carbocycles. The number of pyridine rings is 1. The molecule has 1 amide bonds. The smallest absolute Gasteiger partial charge is 0.288 e. The lowest BCUT2D eigenvalue weighted by atomic mass is 10.2. The minimum atomic E-state index is -0.625. The summed E-state index contributed by atoms with van der Waals surface area (Å²) in [4.78, 5) is 25.6. The topological polar surface area (TPSA) is 111 Å². The molecular formula is C13H12N4O3. The molecule has 102 valence electrons. The summed E-state index contributed by atoms with van der Waals surface area (Å²) in [5.41, 5.74) is 6.20. The molecule has 0 radical (unpaired) electrons. The second-order valence-electron chi connectivity index (χ2n) is 4.05. The number of hydrogen-bond donors (Lipinski definition) is 2. The second-order valence-corrected chi connectivity index (χ2v) is 4.05. The lowest BCUT2D eigenvalue weighted by molar-refractivity contribution is -0.385. The van der Waals surface area contributed by atoms with Crippen molar-refractivity contribution in [3.8, 4) is 0 Å². The number of aromatic nitrogens is 1. The zero-order valence-electron chi connectivity index (χ0n) is 10.4. The summed E-state index contributed by atoms with van der Waals surface area (Å²) in [5.74, 6) is -0.538. The molecule has 7 nitrogen and oxygen atoms in total. The average Bonchev–Trinajstić information content (AvgIpc) is 2.46. The molecule has 0 unspecified atom stereocenters. The van der Waals surface area contributed by atoms with Crippen molar-refractivity contribution < 1.29 is 9.72 Å². The highest BCUT2D eigenvalue weighted by atomic mass is 16.6. The highest BCUT2D eigenvalue weighted by Crippen LogP contribution is 2.16. The van der Waals surface area contributed by atoms with Gasteiger partial charge in [-0.05, 0) is 5.56 Å². The number of benzene rings is 1. The van der Waals surface area contributed by atoms with Crippen LogP contribution >= 0.6 is 0 Å². The summed E-state index contributed by atoms with van der Waals surface area (Å²) in [7, 11) is 0. The fourth-order valence-corrected chi connectivity index (χ4v) is 1.62. The van der Waals surface area contributed by atoms with Crippen molar-refractivity contribution >= 4 is 17.4 Å². The number of carbonyl (C=O) groups excluding carboxylic acids is 1. The Morgan fingerprint density at radius 3 is 2.70 bits per heavy atom. The van der Waals surface area contributed by atoms with Crippen LogP contribution in [0.4, 0.5) is 11.5 Å². The van der Waals surface area contributed by atoms with E-state index in [4.69, 9.17) is 5.73 Å². The Kier molecular flexibility index (Phi) is 3.90. The molecule has 2 aromatic rings. The lowest BCUT2D eigenvalue weighted by Crippen LogP contribution is -2.24. The molecule has 1 aromatic carbocycles. The van der Waals surface area contributed by atoms with E-state index < -0.39 is 10.8 Å². The minimum absolute atomic E-state index is 0.00451. The predicted octanol–water partition coefficient (Wildman–Crippen LogP) is 1.50. The number of nitrogen functional groups attached to an aromatic ring is 1. The first-order valence-corrected chi connectivity index (χ1v) is 5.80. The number of nitrogens with two attached hydrogens (primary N) is 1. The first kappa shape index (κ1) is 13.5. The molecule has 0 atom stereocenters.